The number of hydrogen-bond donors (Lipinski definition) is 1. The van der Waals surface area contributed by atoms with E-state index in [9.17, 15) is 22.8 Å². The van der Waals surface area contributed by atoms with Crippen LogP contribution >= 0.6 is 0 Å². The van der Waals surface area contributed by atoms with Crippen LogP contribution in [-0.2, 0) is 4.79 Å². The predicted molar refractivity (Wildman–Crippen MR) is 83.4 cm³/mol. The van der Waals surface area contributed by atoms with Gasteiger partial charge in [0.25, 0.3) is 0 Å². The highest BCUT2D eigenvalue weighted by molar-refractivity contribution is 5.84. The molecule has 2 atom stereocenters. The summed E-state index contributed by atoms with van der Waals surface area (Å²) in [5.74, 6) is -1.44. The zero-order valence-corrected chi connectivity index (χ0v) is 14.1. The van der Waals surface area contributed by atoms with Crippen molar-refractivity contribution < 1.29 is 22.8 Å². The van der Waals surface area contributed by atoms with E-state index in [1.807, 2.05) is 6.92 Å². The molecule has 138 valence electrons. The maximum absolute atomic E-state index is 12.9. The average molecular weight is 349 g/mol. The van der Waals surface area contributed by atoms with Gasteiger partial charge in [0.2, 0.25) is 5.91 Å². The van der Waals surface area contributed by atoms with Crippen molar-refractivity contribution in [3.8, 4) is 0 Å². The van der Waals surface area contributed by atoms with Gasteiger partial charge in [-0.3, -0.25) is 4.79 Å². The van der Waals surface area contributed by atoms with Gasteiger partial charge in [0, 0.05) is 25.7 Å². The van der Waals surface area contributed by atoms with Crippen LogP contribution in [-0.4, -0.2) is 60.1 Å². The summed E-state index contributed by atoms with van der Waals surface area (Å²) in [4.78, 5) is 27.7. The Morgan fingerprint density at radius 1 is 1.25 bits per heavy atom. The Balaban J connectivity index is 1.88. The van der Waals surface area contributed by atoms with Gasteiger partial charge in [-0.25, -0.2) is 4.79 Å². The second kappa shape index (κ2) is 8.07. The maximum atomic E-state index is 12.9. The Morgan fingerprint density at radius 2 is 2.00 bits per heavy atom. The summed E-state index contributed by atoms with van der Waals surface area (Å²) in [5, 5.41) is 2.70. The van der Waals surface area contributed by atoms with Gasteiger partial charge < -0.3 is 15.1 Å². The fourth-order valence-corrected chi connectivity index (χ4v) is 3.48. The fraction of sp³-hybridized carbons (Fsp3) is 0.875. The Kier molecular flexibility index (Phi) is 6.34. The molecule has 1 saturated carbocycles. The Hall–Kier alpha value is -1.47. The van der Waals surface area contributed by atoms with E-state index in [0.717, 1.165) is 6.42 Å². The number of alkyl halides is 3. The highest BCUT2D eigenvalue weighted by Gasteiger charge is 2.42. The van der Waals surface area contributed by atoms with Gasteiger partial charge in [0.05, 0.1) is 5.92 Å². The number of urea groups is 1. The molecule has 1 aliphatic carbocycles. The minimum absolute atomic E-state index is 0.00124. The Bertz CT molecular complexity index is 456. The van der Waals surface area contributed by atoms with E-state index in [4.69, 9.17) is 0 Å². The van der Waals surface area contributed by atoms with Crippen LogP contribution in [0.2, 0.25) is 0 Å². The van der Waals surface area contributed by atoms with Gasteiger partial charge in [-0.15, -0.1) is 0 Å². The van der Waals surface area contributed by atoms with Gasteiger partial charge in [-0.2, -0.15) is 13.2 Å². The van der Waals surface area contributed by atoms with E-state index in [2.05, 4.69) is 5.32 Å². The summed E-state index contributed by atoms with van der Waals surface area (Å²) in [7, 11) is 0. The molecular formula is C16H26F3N3O2. The molecule has 0 spiro atoms. The summed E-state index contributed by atoms with van der Waals surface area (Å²) >= 11 is 0. The van der Waals surface area contributed by atoms with Gasteiger partial charge in [-0.1, -0.05) is 13.3 Å². The number of nitrogens with one attached hydrogen (secondary N) is 1. The standard InChI is InChI=1S/C16H26F3N3O2/c1-2-7-21-8-4-9-22(11-14(21)23)15(24)20-13-6-3-5-12(10-13)16(17,18)19/h12-13H,2-11H2,1H3,(H,20,24)/t12-,13+/m0/s1. The number of hydrogen-bond acceptors (Lipinski definition) is 2. The number of carbonyl (C=O) groups is 2. The lowest BCUT2D eigenvalue weighted by molar-refractivity contribution is -0.183. The quantitative estimate of drug-likeness (QED) is 0.852. The molecule has 1 aliphatic heterocycles. The highest BCUT2D eigenvalue weighted by Crippen LogP contribution is 2.37. The fourth-order valence-electron chi connectivity index (χ4n) is 3.48. The first-order valence-electron chi connectivity index (χ1n) is 8.71. The normalized spacial score (nSPS) is 26.2. The van der Waals surface area contributed by atoms with Gasteiger partial charge in [0.15, 0.2) is 0 Å². The molecular weight excluding hydrogens is 323 g/mol. The predicted octanol–water partition coefficient (Wildman–Crippen LogP) is 2.76. The second-order valence-corrected chi connectivity index (χ2v) is 6.71. The van der Waals surface area contributed by atoms with Crippen LogP contribution in [0.1, 0.15) is 45.4 Å². The number of carbonyl (C=O) groups excluding carboxylic acids is 2. The summed E-state index contributed by atoms with van der Waals surface area (Å²) in [6.07, 6.45) is -1.58. The molecule has 2 fully saturated rings. The van der Waals surface area contributed by atoms with E-state index in [1.165, 1.54) is 4.90 Å². The van der Waals surface area contributed by atoms with E-state index >= 15 is 0 Å². The lowest BCUT2D eigenvalue weighted by Crippen LogP contribution is -2.49. The largest absolute Gasteiger partial charge is 0.391 e. The molecule has 1 N–H and O–H groups in total. The molecule has 0 radical (unpaired) electrons. The van der Waals surface area contributed by atoms with Crippen molar-refractivity contribution in [1.82, 2.24) is 15.1 Å². The van der Waals surface area contributed by atoms with E-state index in [-0.39, 0.29) is 25.3 Å². The van der Waals surface area contributed by atoms with Crippen LogP contribution in [0, 0.1) is 5.92 Å². The van der Waals surface area contributed by atoms with Crippen LogP contribution < -0.4 is 5.32 Å². The van der Waals surface area contributed by atoms with Crippen molar-refractivity contribution in [2.75, 3.05) is 26.2 Å². The molecule has 1 heterocycles. The van der Waals surface area contributed by atoms with Crippen molar-refractivity contribution in [2.24, 2.45) is 5.92 Å². The minimum atomic E-state index is -4.21. The molecule has 0 bridgehead atoms. The maximum Gasteiger partial charge on any atom is 0.391 e. The lowest BCUT2D eigenvalue weighted by atomic mass is 9.85. The smallest absolute Gasteiger partial charge is 0.341 e. The molecule has 3 amide bonds. The molecule has 0 unspecified atom stereocenters. The minimum Gasteiger partial charge on any atom is -0.341 e. The Labute approximate surface area is 140 Å². The van der Waals surface area contributed by atoms with E-state index in [1.54, 1.807) is 4.90 Å². The van der Waals surface area contributed by atoms with Crippen LogP contribution in [0.3, 0.4) is 0 Å². The van der Waals surface area contributed by atoms with E-state index in [0.29, 0.717) is 38.9 Å². The zero-order chi connectivity index (χ0) is 17.7. The van der Waals surface area contributed by atoms with Crippen molar-refractivity contribution in [3.63, 3.8) is 0 Å². The molecule has 5 nitrogen and oxygen atoms in total. The van der Waals surface area contributed by atoms with E-state index < -0.39 is 24.2 Å². The third-order valence-corrected chi connectivity index (χ3v) is 4.78. The third kappa shape index (κ3) is 5.01. The van der Waals surface area contributed by atoms with Gasteiger partial charge >= 0.3 is 12.2 Å². The first-order chi connectivity index (χ1) is 11.3. The molecule has 1 saturated heterocycles. The van der Waals surface area contributed by atoms with Crippen LogP contribution in [0.15, 0.2) is 0 Å². The summed E-state index contributed by atoms with van der Waals surface area (Å²) in [5.41, 5.74) is 0. The van der Waals surface area contributed by atoms with Crippen molar-refractivity contribution in [2.45, 2.75) is 57.7 Å². The lowest BCUT2D eigenvalue weighted by Gasteiger charge is -2.32. The summed E-state index contributed by atoms with van der Waals surface area (Å²) in [6, 6.07) is -0.891. The molecule has 24 heavy (non-hydrogen) atoms. The van der Waals surface area contributed by atoms with Crippen LogP contribution in [0.25, 0.3) is 0 Å². The monoisotopic (exact) mass is 349 g/mol. The molecule has 0 aromatic carbocycles. The molecule has 0 aromatic heterocycles. The molecule has 0 aromatic rings. The number of rotatable bonds is 3. The zero-order valence-electron chi connectivity index (χ0n) is 14.1. The third-order valence-electron chi connectivity index (χ3n) is 4.78. The number of amides is 3. The first-order valence-corrected chi connectivity index (χ1v) is 8.71. The number of halogens is 3. The molecule has 2 rings (SSSR count). The highest BCUT2D eigenvalue weighted by atomic mass is 19.4. The van der Waals surface area contributed by atoms with Crippen molar-refractivity contribution >= 4 is 11.9 Å². The van der Waals surface area contributed by atoms with Gasteiger partial charge in [-0.05, 0) is 32.1 Å². The second-order valence-electron chi connectivity index (χ2n) is 6.71. The van der Waals surface area contributed by atoms with Crippen LogP contribution in [0.5, 0.6) is 0 Å². The van der Waals surface area contributed by atoms with Crippen molar-refractivity contribution in [1.29, 1.82) is 0 Å². The number of nitrogens with zero attached hydrogens (tertiary/aromatic N) is 2. The topological polar surface area (TPSA) is 52.6 Å². The molecule has 8 heteroatoms. The summed E-state index contributed by atoms with van der Waals surface area (Å²) < 4.78 is 38.6. The summed E-state index contributed by atoms with van der Waals surface area (Å²) in [6.45, 7) is 3.73. The first kappa shape index (κ1) is 18.9. The van der Waals surface area contributed by atoms with Crippen LogP contribution in [0.4, 0.5) is 18.0 Å². The average Bonchev–Trinajstić information content (AvgIpc) is 2.69. The van der Waals surface area contributed by atoms with Crippen molar-refractivity contribution in [3.05, 3.63) is 0 Å². The SMILES string of the molecule is CCCN1CCCN(C(=O)N[C@@H]2CCC[C@H](C(F)(F)F)C2)CC1=O. The Morgan fingerprint density at radius 3 is 2.67 bits per heavy atom. The molecule has 2 aliphatic rings. The van der Waals surface area contributed by atoms with Gasteiger partial charge in [0.1, 0.15) is 6.54 Å².